The van der Waals surface area contributed by atoms with Crippen molar-refractivity contribution in [1.82, 2.24) is 14.9 Å². The summed E-state index contributed by atoms with van der Waals surface area (Å²) in [6, 6.07) is 5.76. The first kappa shape index (κ1) is 12.3. The number of imidazole rings is 1. The number of hydrogen-bond acceptors (Lipinski definition) is 4. The van der Waals surface area contributed by atoms with Gasteiger partial charge in [0.1, 0.15) is 5.82 Å². The quantitative estimate of drug-likeness (QED) is 0.629. The first-order valence-corrected chi connectivity index (χ1v) is 6.77. The number of H-pyrrole nitrogens is 1. The third kappa shape index (κ3) is 3.38. The van der Waals surface area contributed by atoms with Crippen molar-refractivity contribution in [3.63, 3.8) is 0 Å². The second kappa shape index (κ2) is 5.42. The summed E-state index contributed by atoms with van der Waals surface area (Å²) in [4.78, 5) is 10.0. The fourth-order valence-corrected chi connectivity index (χ4v) is 2.53. The van der Waals surface area contributed by atoms with Gasteiger partial charge in [0.15, 0.2) is 0 Å². The standard InChI is InChI=1S/C12H18N4S/c1-16(2)5-6-17-8-12-14-10-4-3-9(13)7-11(10)15-12/h3-4,7H,5-6,8,13H2,1-2H3,(H,14,15). The molecular formula is C12H18N4S. The lowest BCUT2D eigenvalue weighted by molar-refractivity contribution is 0.437. The van der Waals surface area contributed by atoms with Gasteiger partial charge in [-0.3, -0.25) is 0 Å². The Hall–Kier alpha value is -1.20. The van der Waals surface area contributed by atoms with Crippen LogP contribution in [0.3, 0.4) is 0 Å². The summed E-state index contributed by atoms with van der Waals surface area (Å²) in [6.07, 6.45) is 0. The molecule has 1 aromatic carbocycles. The van der Waals surface area contributed by atoms with Gasteiger partial charge in [0.2, 0.25) is 0 Å². The van der Waals surface area contributed by atoms with Crippen LogP contribution in [0.2, 0.25) is 0 Å². The summed E-state index contributed by atoms with van der Waals surface area (Å²) in [5.74, 6) is 3.06. The highest BCUT2D eigenvalue weighted by atomic mass is 32.2. The topological polar surface area (TPSA) is 57.9 Å². The van der Waals surface area contributed by atoms with Crippen molar-refractivity contribution in [1.29, 1.82) is 0 Å². The van der Waals surface area contributed by atoms with E-state index < -0.39 is 0 Å². The molecule has 4 nitrogen and oxygen atoms in total. The van der Waals surface area contributed by atoms with E-state index in [4.69, 9.17) is 5.73 Å². The van der Waals surface area contributed by atoms with Gasteiger partial charge in [0, 0.05) is 18.0 Å². The number of hydrogen-bond donors (Lipinski definition) is 2. The minimum Gasteiger partial charge on any atom is -0.399 e. The van der Waals surface area contributed by atoms with Crippen LogP contribution in [-0.2, 0) is 5.75 Å². The molecule has 0 fully saturated rings. The lowest BCUT2D eigenvalue weighted by Crippen LogP contribution is -2.14. The van der Waals surface area contributed by atoms with E-state index in [9.17, 15) is 0 Å². The maximum Gasteiger partial charge on any atom is 0.117 e. The van der Waals surface area contributed by atoms with Crippen LogP contribution in [0.5, 0.6) is 0 Å². The molecule has 0 radical (unpaired) electrons. The van der Waals surface area contributed by atoms with Crippen LogP contribution >= 0.6 is 11.8 Å². The molecule has 0 amide bonds. The monoisotopic (exact) mass is 250 g/mol. The summed E-state index contributed by atoms with van der Waals surface area (Å²) in [7, 11) is 4.18. The van der Waals surface area contributed by atoms with Gasteiger partial charge in [-0.25, -0.2) is 4.98 Å². The van der Waals surface area contributed by atoms with E-state index >= 15 is 0 Å². The van der Waals surface area contributed by atoms with Crippen molar-refractivity contribution in [2.75, 3.05) is 32.1 Å². The molecule has 0 atom stereocenters. The van der Waals surface area contributed by atoms with Gasteiger partial charge in [-0.1, -0.05) is 0 Å². The highest BCUT2D eigenvalue weighted by Gasteiger charge is 2.03. The van der Waals surface area contributed by atoms with Crippen molar-refractivity contribution >= 4 is 28.5 Å². The number of benzene rings is 1. The Balaban J connectivity index is 1.95. The van der Waals surface area contributed by atoms with Crippen LogP contribution in [0.1, 0.15) is 5.82 Å². The smallest absolute Gasteiger partial charge is 0.117 e. The lowest BCUT2D eigenvalue weighted by Gasteiger charge is -2.07. The molecule has 0 bridgehead atoms. The number of anilines is 1. The third-order valence-electron chi connectivity index (χ3n) is 2.48. The molecule has 92 valence electrons. The van der Waals surface area contributed by atoms with Gasteiger partial charge in [-0.2, -0.15) is 11.8 Å². The fourth-order valence-electron chi connectivity index (χ4n) is 1.56. The summed E-state index contributed by atoms with van der Waals surface area (Å²) in [5.41, 5.74) is 8.51. The summed E-state index contributed by atoms with van der Waals surface area (Å²) in [6.45, 7) is 1.10. The minimum absolute atomic E-state index is 0.771. The zero-order valence-corrected chi connectivity index (χ0v) is 11.0. The highest BCUT2D eigenvalue weighted by Crippen LogP contribution is 2.17. The number of aromatic nitrogens is 2. The van der Waals surface area contributed by atoms with E-state index in [0.717, 1.165) is 40.6 Å². The summed E-state index contributed by atoms with van der Waals surface area (Å²) in [5, 5.41) is 0. The zero-order chi connectivity index (χ0) is 12.3. The van der Waals surface area contributed by atoms with Crippen LogP contribution in [0.25, 0.3) is 11.0 Å². The van der Waals surface area contributed by atoms with Crippen LogP contribution in [0.4, 0.5) is 5.69 Å². The molecule has 3 N–H and O–H groups in total. The Labute approximate surface area is 106 Å². The van der Waals surface area contributed by atoms with Gasteiger partial charge < -0.3 is 15.6 Å². The molecule has 0 saturated heterocycles. The van der Waals surface area contributed by atoms with E-state index in [1.807, 2.05) is 30.0 Å². The Morgan fingerprint density at radius 1 is 1.41 bits per heavy atom. The lowest BCUT2D eigenvalue weighted by atomic mass is 10.3. The maximum absolute atomic E-state index is 5.73. The molecule has 2 aromatic rings. The van der Waals surface area contributed by atoms with Crippen molar-refractivity contribution in [3.05, 3.63) is 24.0 Å². The summed E-state index contributed by atoms with van der Waals surface area (Å²) >= 11 is 1.89. The molecule has 0 aliphatic carbocycles. The van der Waals surface area contributed by atoms with Gasteiger partial charge in [0.25, 0.3) is 0 Å². The van der Waals surface area contributed by atoms with E-state index in [2.05, 4.69) is 29.0 Å². The second-order valence-corrected chi connectivity index (χ2v) is 5.42. The number of rotatable bonds is 5. The molecule has 0 spiro atoms. The largest absolute Gasteiger partial charge is 0.399 e. The SMILES string of the molecule is CN(C)CCSCc1nc2ccc(N)cc2[nH]1. The fraction of sp³-hybridized carbons (Fsp3) is 0.417. The molecule has 0 aliphatic rings. The molecule has 0 unspecified atom stereocenters. The van der Waals surface area contributed by atoms with Gasteiger partial charge in [-0.15, -0.1) is 0 Å². The maximum atomic E-state index is 5.73. The van der Waals surface area contributed by atoms with E-state index in [-0.39, 0.29) is 0 Å². The molecule has 1 heterocycles. The number of fused-ring (bicyclic) bond motifs is 1. The van der Waals surface area contributed by atoms with Crippen LogP contribution < -0.4 is 5.73 Å². The first-order chi connectivity index (χ1) is 8.15. The predicted molar refractivity (Wildman–Crippen MR) is 75.2 cm³/mol. The number of aromatic amines is 1. The number of nitrogen functional groups attached to an aromatic ring is 1. The van der Waals surface area contributed by atoms with E-state index in [1.54, 1.807) is 0 Å². The van der Waals surface area contributed by atoms with Gasteiger partial charge >= 0.3 is 0 Å². The Morgan fingerprint density at radius 2 is 2.24 bits per heavy atom. The van der Waals surface area contributed by atoms with Crippen LogP contribution in [0, 0.1) is 0 Å². The second-order valence-electron chi connectivity index (χ2n) is 4.32. The number of thioether (sulfide) groups is 1. The Morgan fingerprint density at radius 3 is 3.00 bits per heavy atom. The molecule has 1 aromatic heterocycles. The van der Waals surface area contributed by atoms with Gasteiger partial charge in [0.05, 0.1) is 16.8 Å². The Bertz CT molecular complexity index is 492. The highest BCUT2D eigenvalue weighted by molar-refractivity contribution is 7.98. The van der Waals surface area contributed by atoms with Crippen molar-refractivity contribution < 1.29 is 0 Å². The number of nitrogens with one attached hydrogen (secondary N) is 1. The number of nitrogens with two attached hydrogens (primary N) is 1. The molecule has 17 heavy (non-hydrogen) atoms. The van der Waals surface area contributed by atoms with Gasteiger partial charge in [-0.05, 0) is 32.3 Å². The average molecular weight is 250 g/mol. The van der Waals surface area contributed by atoms with Crippen molar-refractivity contribution in [3.8, 4) is 0 Å². The van der Waals surface area contributed by atoms with E-state index in [1.165, 1.54) is 0 Å². The van der Waals surface area contributed by atoms with Crippen molar-refractivity contribution in [2.24, 2.45) is 0 Å². The van der Waals surface area contributed by atoms with Crippen LogP contribution in [-0.4, -0.2) is 41.3 Å². The minimum atomic E-state index is 0.771. The molecule has 0 aliphatic heterocycles. The molecule has 5 heteroatoms. The number of nitrogens with zero attached hydrogens (tertiary/aromatic N) is 2. The normalized spacial score (nSPS) is 11.5. The molecule has 0 saturated carbocycles. The zero-order valence-electron chi connectivity index (χ0n) is 10.2. The molecular weight excluding hydrogens is 232 g/mol. The van der Waals surface area contributed by atoms with Crippen molar-refractivity contribution in [2.45, 2.75) is 5.75 Å². The molecule has 2 rings (SSSR count). The first-order valence-electron chi connectivity index (χ1n) is 5.62. The predicted octanol–water partition coefficient (Wildman–Crippen LogP) is 1.94. The third-order valence-corrected chi connectivity index (χ3v) is 3.43. The van der Waals surface area contributed by atoms with Crippen LogP contribution in [0.15, 0.2) is 18.2 Å². The average Bonchev–Trinajstić information content (AvgIpc) is 2.66. The summed E-state index contributed by atoms with van der Waals surface area (Å²) < 4.78 is 0. The van der Waals surface area contributed by atoms with E-state index in [0.29, 0.717) is 0 Å². The Kier molecular flexibility index (Phi) is 3.91.